The minimum atomic E-state index is -0.288. The van der Waals surface area contributed by atoms with E-state index in [1.54, 1.807) is 12.3 Å². The second-order valence-electron chi connectivity index (χ2n) is 3.70. The highest BCUT2D eigenvalue weighted by Gasteiger charge is 2.13. The van der Waals surface area contributed by atoms with Crippen LogP contribution in [0, 0.1) is 5.82 Å². The Morgan fingerprint density at radius 1 is 1.47 bits per heavy atom. The van der Waals surface area contributed by atoms with E-state index in [1.807, 2.05) is 14.0 Å². The molecule has 90 valence electrons. The van der Waals surface area contributed by atoms with Gasteiger partial charge in [0.25, 0.3) is 0 Å². The summed E-state index contributed by atoms with van der Waals surface area (Å²) in [6.07, 6.45) is 1.64. The van der Waals surface area contributed by atoms with Crippen molar-refractivity contribution in [3.63, 3.8) is 0 Å². The van der Waals surface area contributed by atoms with Crippen LogP contribution >= 0.6 is 15.9 Å². The van der Waals surface area contributed by atoms with Crippen molar-refractivity contribution in [2.45, 2.75) is 13.0 Å². The average molecular weight is 299 g/mol. The summed E-state index contributed by atoms with van der Waals surface area (Å²) in [7, 11) is 1.84. The molecule has 2 aromatic rings. The molecule has 0 saturated heterocycles. The zero-order chi connectivity index (χ0) is 12.4. The first kappa shape index (κ1) is 12.3. The van der Waals surface area contributed by atoms with Gasteiger partial charge in [0, 0.05) is 10.0 Å². The second kappa shape index (κ2) is 4.98. The first-order chi connectivity index (χ1) is 8.11. The van der Waals surface area contributed by atoms with Crippen LogP contribution in [0.4, 0.5) is 4.39 Å². The van der Waals surface area contributed by atoms with Crippen molar-refractivity contribution in [3.8, 4) is 11.3 Å². The molecular weight excluding hydrogens is 287 g/mol. The van der Waals surface area contributed by atoms with Crippen LogP contribution in [0.3, 0.4) is 0 Å². The molecule has 0 amide bonds. The minimum absolute atomic E-state index is 0.0444. The lowest BCUT2D eigenvalue weighted by atomic mass is 10.2. The van der Waals surface area contributed by atoms with Gasteiger partial charge in [0.2, 0.25) is 5.89 Å². The van der Waals surface area contributed by atoms with E-state index in [-0.39, 0.29) is 11.9 Å². The summed E-state index contributed by atoms with van der Waals surface area (Å²) in [6.45, 7) is 1.95. The largest absolute Gasteiger partial charge is 0.439 e. The highest BCUT2D eigenvalue weighted by atomic mass is 79.9. The van der Waals surface area contributed by atoms with Gasteiger partial charge in [-0.1, -0.05) is 0 Å². The predicted molar refractivity (Wildman–Crippen MR) is 67.1 cm³/mol. The molecule has 5 heteroatoms. The number of oxazole rings is 1. The molecule has 1 unspecified atom stereocenters. The summed E-state index contributed by atoms with van der Waals surface area (Å²) in [5.41, 5.74) is 0.786. The molecule has 0 saturated carbocycles. The third-order valence-corrected chi connectivity index (χ3v) is 3.18. The van der Waals surface area contributed by atoms with E-state index >= 15 is 0 Å². The Kier molecular flexibility index (Phi) is 3.59. The Hall–Kier alpha value is -1.20. The van der Waals surface area contributed by atoms with Crippen LogP contribution in [0.2, 0.25) is 0 Å². The third-order valence-electron chi connectivity index (χ3n) is 2.52. The van der Waals surface area contributed by atoms with Crippen molar-refractivity contribution in [1.29, 1.82) is 0 Å². The molecule has 0 fully saturated rings. The van der Waals surface area contributed by atoms with E-state index in [0.717, 1.165) is 5.56 Å². The normalized spacial score (nSPS) is 12.7. The number of nitrogens with zero attached hydrogens (tertiary/aromatic N) is 1. The maximum Gasteiger partial charge on any atom is 0.211 e. The van der Waals surface area contributed by atoms with E-state index < -0.39 is 0 Å². The number of rotatable bonds is 3. The fraction of sp³-hybridized carbons (Fsp3) is 0.250. The molecule has 0 spiro atoms. The SMILES string of the molecule is CNC(C)c1ncc(-c2ccc(F)cc2Br)o1. The van der Waals surface area contributed by atoms with E-state index in [2.05, 4.69) is 26.2 Å². The van der Waals surface area contributed by atoms with Crippen molar-refractivity contribution >= 4 is 15.9 Å². The summed E-state index contributed by atoms with van der Waals surface area (Å²) in [5, 5.41) is 3.04. The second-order valence-corrected chi connectivity index (χ2v) is 4.55. The molecule has 2 rings (SSSR count). The Morgan fingerprint density at radius 3 is 2.88 bits per heavy atom. The number of nitrogens with one attached hydrogen (secondary N) is 1. The Morgan fingerprint density at radius 2 is 2.24 bits per heavy atom. The summed E-state index contributed by atoms with van der Waals surface area (Å²) in [5.74, 6) is 0.941. The lowest BCUT2D eigenvalue weighted by Gasteiger charge is -2.04. The van der Waals surface area contributed by atoms with E-state index in [1.165, 1.54) is 12.1 Å². The van der Waals surface area contributed by atoms with Gasteiger partial charge in [0.05, 0.1) is 12.2 Å². The number of benzene rings is 1. The molecule has 0 aliphatic carbocycles. The summed E-state index contributed by atoms with van der Waals surface area (Å²) in [4.78, 5) is 4.18. The fourth-order valence-corrected chi connectivity index (χ4v) is 1.97. The number of hydrogen-bond acceptors (Lipinski definition) is 3. The smallest absolute Gasteiger partial charge is 0.211 e. The predicted octanol–water partition coefficient (Wildman–Crippen LogP) is 3.52. The van der Waals surface area contributed by atoms with Gasteiger partial charge < -0.3 is 9.73 Å². The van der Waals surface area contributed by atoms with Crippen molar-refractivity contribution in [3.05, 3.63) is 40.6 Å². The Balaban J connectivity index is 2.37. The molecule has 0 bridgehead atoms. The van der Waals surface area contributed by atoms with Gasteiger partial charge in [0.15, 0.2) is 5.76 Å². The maximum absolute atomic E-state index is 13.0. The van der Waals surface area contributed by atoms with Crippen LogP contribution in [0.15, 0.2) is 33.3 Å². The molecule has 0 aliphatic rings. The number of halogens is 2. The average Bonchev–Trinajstić information content (AvgIpc) is 2.77. The van der Waals surface area contributed by atoms with Crippen LogP contribution in [0.25, 0.3) is 11.3 Å². The molecule has 0 radical (unpaired) electrons. The van der Waals surface area contributed by atoms with E-state index in [9.17, 15) is 4.39 Å². The molecule has 1 N–H and O–H groups in total. The van der Waals surface area contributed by atoms with Crippen molar-refractivity contribution in [1.82, 2.24) is 10.3 Å². The maximum atomic E-state index is 13.0. The zero-order valence-corrected chi connectivity index (χ0v) is 11.1. The molecule has 3 nitrogen and oxygen atoms in total. The molecule has 0 aliphatic heterocycles. The number of hydrogen-bond donors (Lipinski definition) is 1. The molecule has 1 aromatic heterocycles. The first-order valence-corrected chi connectivity index (χ1v) is 5.99. The number of aromatic nitrogens is 1. The van der Waals surface area contributed by atoms with E-state index in [4.69, 9.17) is 4.42 Å². The summed E-state index contributed by atoms with van der Waals surface area (Å²) < 4.78 is 19.2. The monoisotopic (exact) mass is 298 g/mol. The van der Waals surface area contributed by atoms with Gasteiger partial charge in [-0.3, -0.25) is 0 Å². The quantitative estimate of drug-likeness (QED) is 0.942. The summed E-state index contributed by atoms with van der Waals surface area (Å²) >= 11 is 3.30. The lowest BCUT2D eigenvalue weighted by Crippen LogP contribution is -2.12. The van der Waals surface area contributed by atoms with Gasteiger partial charge in [-0.2, -0.15) is 0 Å². The van der Waals surface area contributed by atoms with E-state index in [0.29, 0.717) is 16.1 Å². The lowest BCUT2D eigenvalue weighted by molar-refractivity contribution is 0.441. The van der Waals surface area contributed by atoms with Crippen LogP contribution in [-0.2, 0) is 0 Å². The fourth-order valence-electron chi connectivity index (χ4n) is 1.43. The molecular formula is C12H12BrFN2O. The van der Waals surface area contributed by atoms with Crippen LogP contribution in [0.1, 0.15) is 18.9 Å². The van der Waals surface area contributed by atoms with Gasteiger partial charge in [-0.25, -0.2) is 9.37 Å². The first-order valence-electron chi connectivity index (χ1n) is 5.20. The summed E-state index contributed by atoms with van der Waals surface area (Å²) in [6, 6.07) is 4.50. The minimum Gasteiger partial charge on any atom is -0.439 e. The van der Waals surface area contributed by atoms with Crippen LogP contribution < -0.4 is 5.32 Å². The highest BCUT2D eigenvalue weighted by molar-refractivity contribution is 9.10. The Labute approximate surface area is 107 Å². The van der Waals surface area contributed by atoms with Gasteiger partial charge in [-0.05, 0) is 48.1 Å². The van der Waals surface area contributed by atoms with Crippen molar-refractivity contribution < 1.29 is 8.81 Å². The van der Waals surface area contributed by atoms with Gasteiger partial charge >= 0.3 is 0 Å². The van der Waals surface area contributed by atoms with Crippen LogP contribution in [-0.4, -0.2) is 12.0 Å². The molecule has 1 aromatic carbocycles. The topological polar surface area (TPSA) is 38.1 Å². The molecule has 17 heavy (non-hydrogen) atoms. The molecule has 1 heterocycles. The molecule has 1 atom stereocenters. The Bertz CT molecular complexity index is 527. The third kappa shape index (κ3) is 2.56. The van der Waals surface area contributed by atoms with Gasteiger partial charge in [0.1, 0.15) is 5.82 Å². The van der Waals surface area contributed by atoms with Crippen molar-refractivity contribution in [2.24, 2.45) is 0 Å². The van der Waals surface area contributed by atoms with Gasteiger partial charge in [-0.15, -0.1) is 0 Å². The highest BCUT2D eigenvalue weighted by Crippen LogP contribution is 2.30. The zero-order valence-electron chi connectivity index (χ0n) is 9.50. The van der Waals surface area contributed by atoms with Crippen molar-refractivity contribution in [2.75, 3.05) is 7.05 Å². The standard InChI is InChI=1S/C12H12BrFN2O/c1-7(15-2)12-16-6-11(17-12)9-4-3-8(14)5-10(9)13/h3-7,15H,1-2H3. The van der Waals surface area contributed by atoms with Crippen LogP contribution in [0.5, 0.6) is 0 Å².